The Bertz CT molecular complexity index is 1230. The van der Waals surface area contributed by atoms with Crippen LogP contribution in [0.4, 0.5) is 0 Å². The van der Waals surface area contributed by atoms with Crippen molar-refractivity contribution in [1.29, 1.82) is 0 Å². The number of hydrogen-bond acceptors (Lipinski definition) is 3. The molecule has 4 nitrogen and oxygen atoms in total. The first-order valence-corrected chi connectivity index (χ1v) is 9.57. The summed E-state index contributed by atoms with van der Waals surface area (Å²) >= 11 is 12.2. The van der Waals surface area contributed by atoms with E-state index in [9.17, 15) is 4.79 Å². The minimum Gasteiger partial charge on any atom is -0.440 e. The van der Waals surface area contributed by atoms with Gasteiger partial charge in [-0.25, -0.2) is 4.98 Å². The third kappa shape index (κ3) is 3.34. The molecule has 0 saturated heterocycles. The maximum Gasteiger partial charge on any atom is 0.231 e. The molecule has 0 saturated carbocycles. The fourth-order valence-electron chi connectivity index (χ4n) is 3.01. The summed E-state index contributed by atoms with van der Waals surface area (Å²) in [6, 6.07) is 12.6. The number of fused-ring (bicyclic) bond motifs is 1. The van der Waals surface area contributed by atoms with Crippen molar-refractivity contribution in [2.45, 2.75) is 26.2 Å². The molecule has 142 valence electrons. The summed E-state index contributed by atoms with van der Waals surface area (Å²) in [5.74, 6) is 1.02. The fourth-order valence-corrected chi connectivity index (χ4v) is 3.30. The third-order valence-electron chi connectivity index (χ3n) is 4.55. The van der Waals surface area contributed by atoms with Gasteiger partial charge in [0.1, 0.15) is 11.3 Å². The van der Waals surface area contributed by atoms with Crippen molar-refractivity contribution in [1.82, 2.24) is 9.55 Å². The number of pyridine rings is 1. The van der Waals surface area contributed by atoms with Gasteiger partial charge in [-0.15, -0.1) is 0 Å². The van der Waals surface area contributed by atoms with E-state index in [1.165, 1.54) is 0 Å². The first kappa shape index (κ1) is 18.8. The SMILES string of the molecule is CC(C)(C)c1cnc(-c2cn(-c3ccc(Cl)cc3)c3cc(Cl)ccc3c2=O)o1. The lowest BCUT2D eigenvalue weighted by Crippen LogP contribution is -2.12. The van der Waals surface area contributed by atoms with Crippen LogP contribution in [0.5, 0.6) is 0 Å². The van der Waals surface area contributed by atoms with Crippen LogP contribution in [0.2, 0.25) is 10.0 Å². The maximum atomic E-state index is 13.2. The Labute approximate surface area is 172 Å². The molecule has 0 atom stereocenters. The monoisotopic (exact) mass is 412 g/mol. The minimum absolute atomic E-state index is 0.154. The van der Waals surface area contributed by atoms with Crippen molar-refractivity contribution in [3.05, 3.63) is 80.9 Å². The van der Waals surface area contributed by atoms with Crippen LogP contribution >= 0.6 is 23.2 Å². The summed E-state index contributed by atoms with van der Waals surface area (Å²) in [4.78, 5) is 17.5. The molecule has 2 heterocycles. The van der Waals surface area contributed by atoms with Gasteiger partial charge in [0, 0.05) is 32.7 Å². The summed E-state index contributed by atoms with van der Waals surface area (Å²) in [7, 11) is 0. The molecule has 2 aromatic heterocycles. The second-order valence-electron chi connectivity index (χ2n) is 7.66. The van der Waals surface area contributed by atoms with Crippen LogP contribution < -0.4 is 5.43 Å². The molecular weight excluding hydrogens is 395 g/mol. The summed E-state index contributed by atoms with van der Waals surface area (Å²) in [6.07, 6.45) is 3.41. The van der Waals surface area contributed by atoms with Crippen molar-refractivity contribution < 1.29 is 4.42 Å². The Morgan fingerprint density at radius 3 is 2.32 bits per heavy atom. The highest BCUT2D eigenvalue weighted by Gasteiger charge is 2.22. The van der Waals surface area contributed by atoms with E-state index < -0.39 is 0 Å². The minimum atomic E-state index is -0.204. The third-order valence-corrected chi connectivity index (χ3v) is 5.03. The smallest absolute Gasteiger partial charge is 0.231 e. The second kappa shape index (κ2) is 6.80. The highest BCUT2D eigenvalue weighted by Crippen LogP contribution is 2.29. The summed E-state index contributed by atoms with van der Waals surface area (Å²) < 4.78 is 7.82. The molecule has 0 aliphatic carbocycles. The van der Waals surface area contributed by atoms with E-state index in [-0.39, 0.29) is 10.8 Å². The highest BCUT2D eigenvalue weighted by atomic mass is 35.5. The number of hydrogen-bond donors (Lipinski definition) is 0. The number of rotatable bonds is 2. The number of aromatic nitrogens is 2. The van der Waals surface area contributed by atoms with E-state index in [1.807, 2.05) is 37.5 Å². The summed E-state index contributed by atoms with van der Waals surface area (Å²) in [5, 5.41) is 1.72. The predicted octanol–water partition coefficient (Wildman–Crippen LogP) is 6.25. The second-order valence-corrected chi connectivity index (χ2v) is 8.53. The topological polar surface area (TPSA) is 48.0 Å². The maximum absolute atomic E-state index is 13.2. The Morgan fingerprint density at radius 1 is 1.00 bits per heavy atom. The molecule has 0 unspecified atom stereocenters. The molecule has 0 spiro atoms. The zero-order chi connectivity index (χ0) is 20.1. The molecule has 28 heavy (non-hydrogen) atoms. The zero-order valence-corrected chi connectivity index (χ0v) is 17.2. The van der Waals surface area contributed by atoms with Crippen LogP contribution in [0.25, 0.3) is 28.0 Å². The van der Waals surface area contributed by atoms with Gasteiger partial charge in [0.2, 0.25) is 11.3 Å². The van der Waals surface area contributed by atoms with Gasteiger partial charge in [-0.1, -0.05) is 44.0 Å². The average Bonchev–Trinajstić information content (AvgIpc) is 3.13. The molecule has 0 aliphatic rings. The molecule has 0 amide bonds. The van der Waals surface area contributed by atoms with Crippen LogP contribution in [-0.4, -0.2) is 9.55 Å². The molecule has 2 aromatic carbocycles. The van der Waals surface area contributed by atoms with E-state index in [4.69, 9.17) is 27.6 Å². The zero-order valence-electron chi connectivity index (χ0n) is 15.7. The molecule has 0 N–H and O–H groups in total. The average molecular weight is 413 g/mol. The quantitative estimate of drug-likeness (QED) is 0.390. The molecule has 0 fully saturated rings. The molecule has 0 bridgehead atoms. The van der Waals surface area contributed by atoms with Gasteiger partial charge >= 0.3 is 0 Å². The fraction of sp³-hybridized carbons (Fsp3) is 0.182. The Morgan fingerprint density at radius 2 is 1.68 bits per heavy atom. The molecule has 4 aromatic rings. The van der Waals surface area contributed by atoms with E-state index in [2.05, 4.69) is 4.98 Å². The predicted molar refractivity (Wildman–Crippen MR) is 114 cm³/mol. The first-order chi connectivity index (χ1) is 13.2. The van der Waals surface area contributed by atoms with E-state index in [0.29, 0.717) is 32.4 Å². The number of halogens is 2. The van der Waals surface area contributed by atoms with Gasteiger partial charge in [0.25, 0.3) is 0 Å². The van der Waals surface area contributed by atoms with E-state index in [1.54, 1.807) is 42.7 Å². The van der Waals surface area contributed by atoms with Gasteiger partial charge in [-0.2, -0.15) is 0 Å². The Balaban J connectivity index is 2.02. The molecule has 6 heteroatoms. The standard InChI is InChI=1S/C22H18Cl2N2O2/c1-22(2,3)19-11-25-21(28-19)17-12-26(15-7-4-13(23)5-8-15)18-10-14(24)6-9-16(18)20(17)27/h4-12H,1-3H3. The Kier molecular flexibility index (Phi) is 4.56. The van der Waals surface area contributed by atoms with Gasteiger partial charge in [0.05, 0.1) is 11.7 Å². The number of oxazole rings is 1. The lowest BCUT2D eigenvalue weighted by Gasteiger charge is -2.14. The van der Waals surface area contributed by atoms with Crippen molar-refractivity contribution in [2.75, 3.05) is 0 Å². The normalized spacial score (nSPS) is 11.9. The molecular formula is C22H18Cl2N2O2. The van der Waals surface area contributed by atoms with Crippen molar-refractivity contribution in [2.24, 2.45) is 0 Å². The lowest BCUT2D eigenvalue weighted by molar-refractivity contribution is 0.415. The molecule has 0 radical (unpaired) electrons. The number of nitrogens with zero attached hydrogens (tertiary/aromatic N) is 2. The van der Waals surface area contributed by atoms with Crippen molar-refractivity contribution >= 4 is 34.1 Å². The summed E-state index contributed by atoms with van der Waals surface area (Å²) in [5.41, 5.74) is 1.58. The van der Waals surface area contributed by atoms with Crippen LogP contribution in [0, 0.1) is 0 Å². The first-order valence-electron chi connectivity index (χ1n) is 8.81. The van der Waals surface area contributed by atoms with Crippen molar-refractivity contribution in [3.8, 4) is 17.1 Å². The number of benzene rings is 2. The molecule has 0 aliphatic heterocycles. The van der Waals surface area contributed by atoms with E-state index >= 15 is 0 Å². The van der Waals surface area contributed by atoms with Crippen LogP contribution in [0.1, 0.15) is 26.5 Å². The van der Waals surface area contributed by atoms with Crippen LogP contribution in [-0.2, 0) is 5.41 Å². The van der Waals surface area contributed by atoms with E-state index in [0.717, 1.165) is 11.4 Å². The largest absolute Gasteiger partial charge is 0.440 e. The van der Waals surface area contributed by atoms with Gasteiger partial charge in [0.15, 0.2) is 0 Å². The highest BCUT2D eigenvalue weighted by molar-refractivity contribution is 6.31. The van der Waals surface area contributed by atoms with Gasteiger partial charge in [-0.3, -0.25) is 4.79 Å². The van der Waals surface area contributed by atoms with Crippen LogP contribution in [0.15, 0.2) is 64.1 Å². The molecule has 4 rings (SSSR count). The van der Waals surface area contributed by atoms with Crippen LogP contribution in [0.3, 0.4) is 0 Å². The summed E-state index contributed by atoms with van der Waals surface area (Å²) in [6.45, 7) is 6.10. The Hall–Kier alpha value is -2.56. The lowest BCUT2D eigenvalue weighted by atomic mass is 9.94. The van der Waals surface area contributed by atoms with Crippen molar-refractivity contribution in [3.63, 3.8) is 0 Å². The van der Waals surface area contributed by atoms with Gasteiger partial charge < -0.3 is 8.98 Å². The van der Waals surface area contributed by atoms with Gasteiger partial charge in [-0.05, 0) is 42.5 Å².